The highest BCUT2D eigenvalue weighted by atomic mass is 16.6. The molecule has 0 bridgehead atoms. The van der Waals surface area contributed by atoms with Crippen molar-refractivity contribution in [2.24, 2.45) is 0 Å². The molecule has 0 spiro atoms. The fourth-order valence-electron chi connectivity index (χ4n) is 7.91. The number of aliphatic hydroxyl groups is 3. The van der Waals surface area contributed by atoms with Gasteiger partial charge in [0.25, 0.3) is 0 Å². The zero-order valence-corrected chi connectivity index (χ0v) is 37.7. The number of aliphatic hydroxyl groups excluding tert-OH is 3. The molecule has 3 rings (SSSR count). The van der Waals surface area contributed by atoms with Crippen LogP contribution < -0.4 is 16.0 Å². The quantitative estimate of drug-likeness (QED) is 0.0413. The number of unbranched alkanes of at least 4 members (excludes halogenated alkanes) is 17. The Morgan fingerprint density at radius 1 is 0.694 bits per heavy atom. The molecule has 2 aromatic rings. The van der Waals surface area contributed by atoms with Crippen LogP contribution in [-0.2, 0) is 36.9 Å². The predicted octanol–water partition coefficient (Wildman–Crippen LogP) is 7.23. The van der Waals surface area contributed by atoms with Crippen LogP contribution in [0.4, 0.5) is 4.79 Å². The van der Waals surface area contributed by atoms with E-state index in [4.69, 9.17) is 9.47 Å². The van der Waals surface area contributed by atoms with Crippen LogP contribution in [0.1, 0.15) is 153 Å². The molecule has 0 aliphatic carbocycles. The van der Waals surface area contributed by atoms with Gasteiger partial charge < -0.3 is 45.6 Å². The molecule has 62 heavy (non-hydrogen) atoms. The molecule has 1 aliphatic rings. The second-order valence-electron chi connectivity index (χ2n) is 16.8. The molecule has 1 fully saturated rings. The number of carbonyl (C=O) groups excluding carboxylic acids is 4. The first-order chi connectivity index (χ1) is 30.2. The number of ether oxygens (including phenoxy) is 2. The van der Waals surface area contributed by atoms with Gasteiger partial charge in [-0.25, -0.2) is 4.79 Å². The minimum atomic E-state index is -1.59. The minimum absolute atomic E-state index is 0.00258. The third-order valence-corrected chi connectivity index (χ3v) is 11.6. The van der Waals surface area contributed by atoms with Gasteiger partial charge in [-0.15, -0.1) is 0 Å². The van der Waals surface area contributed by atoms with Crippen LogP contribution in [0, 0.1) is 0 Å². The zero-order chi connectivity index (χ0) is 44.8. The summed E-state index contributed by atoms with van der Waals surface area (Å²) in [7, 11) is 0. The Morgan fingerprint density at radius 2 is 1.21 bits per heavy atom. The van der Waals surface area contributed by atoms with Crippen LogP contribution in [0.5, 0.6) is 0 Å². The van der Waals surface area contributed by atoms with Gasteiger partial charge in [0.2, 0.25) is 17.7 Å². The highest BCUT2D eigenvalue weighted by Gasteiger charge is 2.48. The molecule has 0 unspecified atom stereocenters. The largest absolute Gasteiger partial charge is 0.445 e. The van der Waals surface area contributed by atoms with E-state index in [0.29, 0.717) is 19.4 Å². The van der Waals surface area contributed by atoms with Crippen molar-refractivity contribution in [1.29, 1.82) is 0 Å². The van der Waals surface area contributed by atoms with Crippen LogP contribution in [0.3, 0.4) is 0 Å². The van der Waals surface area contributed by atoms with E-state index in [1.165, 1.54) is 70.6 Å². The molecule has 13 heteroatoms. The summed E-state index contributed by atoms with van der Waals surface area (Å²) in [4.78, 5) is 55.6. The van der Waals surface area contributed by atoms with Crippen molar-refractivity contribution in [3.8, 4) is 0 Å². The second-order valence-corrected chi connectivity index (χ2v) is 16.8. The van der Waals surface area contributed by atoms with E-state index in [2.05, 4.69) is 29.8 Å². The first-order valence-electron chi connectivity index (χ1n) is 23.7. The lowest BCUT2D eigenvalue weighted by atomic mass is 9.94. The third kappa shape index (κ3) is 20.4. The van der Waals surface area contributed by atoms with E-state index >= 15 is 0 Å². The highest BCUT2D eigenvalue weighted by Crippen LogP contribution is 2.26. The number of carbonyl (C=O) groups is 4. The van der Waals surface area contributed by atoms with E-state index < -0.39 is 67.7 Å². The maximum absolute atomic E-state index is 14.0. The minimum Gasteiger partial charge on any atom is -0.445 e. The average Bonchev–Trinajstić information content (AvgIpc) is 3.28. The van der Waals surface area contributed by atoms with Gasteiger partial charge >= 0.3 is 6.09 Å². The van der Waals surface area contributed by atoms with Gasteiger partial charge in [-0.2, -0.15) is 0 Å². The number of amides is 4. The summed E-state index contributed by atoms with van der Waals surface area (Å²) in [5, 5.41) is 40.4. The Kier molecular flexibility index (Phi) is 26.8. The second kappa shape index (κ2) is 31.7. The fraction of sp³-hybridized carbons (Fsp3) is 0.673. The summed E-state index contributed by atoms with van der Waals surface area (Å²) in [6, 6.07) is 15.9. The van der Waals surface area contributed by atoms with Crippen molar-refractivity contribution < 1.29 is 44.0 Å². The van der Waals surface area contributed by atoms with E-state index in [0.717, 1.165) is 49.7 Å². The lowest BCUT2D eigenvalue weighted by Gasteiger charge is -2.47. The zero-order valence-electron chi connectivity index (χ0n) is 37.7. The topological polar surface area (TPSA) is 187 Å². The Labute approximate surface area is 371 Å². The average molecular weight is 867 g/mol. The highest BCUT2D eigenvalue weighted by molar-refractivity contribution is 5.89. The number of hydrogen-bond acceptors (Lipinski definition) is 9. The Morgan fingerprint density at radius 3 is 1.76 bits per heavy atom. The molecule has 0 aromatic heterocycles. The third-order valence-electron chi connectivity index (χ3n) is 11.6. The van der Waals surface area contributed by atoms with Crippen LogP contribution in [-0.4, -0.2) is 100 Å². The summed E-state index contributed by atoms with van der Waals surface area (Å²) >= 11 is 0. The molecule has 13 nitrogen and oxygen atoms in total. The molecular formula is C49H78N4O9. The lowest BCUT2D eigenvalue weighted by molar-refractivity contribution is -0.231. The van der Waals surface area contributed by atoms with Crippen LogP contribution in [0.2, 0.25) is 0 Å². The lowest BCUT2D eigenvalue weighted by Crippen LogP contribution is -2.69. The Balaban J connectivity index is 1.68. The van der Waals surface area contributed by atoms with Gasteiger partial charge in [0.15, 0.2) is 6.23 Å². The molecule has 4 amide bonds. The van der Waals surface area contributed by atoms with Gasteiger partial charge in [-0.1, -0.05) is 184 Å². The smallest absolute Gasteiger partial charge is 0.408 e. The maximum atomic E-state index is 14.0. The van der Waals surface area contributed by atoms with E-state index in [1.54, 1.807) is 4.90 Å². The SMILES string of the molecule is CCCCCCCCCCCCN(C(=O)CCCCCCCCCCC)[C@@H]1O[C@H](CO)[C@@H](O)[C@H](O)[C@H]1NC(=O)CNC(=O)[C@H](Cc1ccccc1)NC(=O)OCc1ccccc1. The molecule has 0 radical (unpaired) electrons. The molecule has 348 valence electrons. The van der Waals surface area contributed by atoms with Crippen molar-refractivity contribution in [3.05, 3.63) is 71.8 Å². The molecule has 1 heterocycles. The summed E-state index contributed by atoms with van der Waals surface area (Å²) in [6.45, 7) is 3.59. The number of hydrogen-bond donors (Lipinski definition) is 6. The van der Waals surface area contributed by atoms with Gasteiger partial charge in [0.05, 0.1) is 13.2 Å². The van der Waals surface area contributed by atoms with Gasteiger partial charge in [0, 0.05) is 19.4 Å². The van der Waals surface area contributed by atoms with Crippen molar-refractivity contribution >= 4 is 23.8 Å². The number of nitrogens with one attached hydrogen (secondary N) is 3. The first kappa shape index (κ1) is 52.3. The maximum Gasteiger partial charge on any atom is 0.408 e. The Bertz CT molecular complexity index is 1520. The molecule has 2 aromatic carbocycles. The van der Waals surface area contributed by atoms with Gasteiger partial charge in [0.1, 0.15) is 37.0 Å². The number of alkyl carbamates (subject to hydrolysis) is 1. The van der Waals surface area contributed by atoms with Crippen LogP contribution in [0.15, 0.2) is 60.7 Å². The summed E-state index contributed by atoms with van der Waals surface area (Å²) in [5.41, 5.74) is 1.55. The van der Waals surface area contributed by atoms with Crippen molar-refractivity contribution in [2.45, 2.75) is 192 Å². The molecular weight excluding hydrogens is 789 g/mol. The molecule has 1 saturated heterocycles. The van der Waals surface area contributed by atoms with Gasteiger partial charge in [-0.05, 0) is 24.0 Å². The fourth-order valence-corrected chi connectivity index (χ4v) is 7.91. The monoisotopic (exact) mass is 867 g/mol. The van der Waals surface area contributed by atoms with Crippen molar-refractivity contribution in [3.63, 3.8) is 0 Å². The normalized spacial score (nSPS) is 19.0. The number of benzene rings is 2. The van der Waals surface area contributed by atoms with E-state index in [9.17, 15) is 34.5 Å². The summed E-state index contributed by atoms with van der Waals surface area (Å²) < 4.78 is 11.5. The Hall–Kier alpha value is -4.04. The first-order valence-corrected chi connectivity index (χ1v) is 23.7. The molecule has 0 saturated carbocycles. The predicted molar refractivity (Wildman–Crippen MR) is 242 cm³/mol. The molecule has 6 atom stereocenters. The number of nitrogens with zero attached hydrogens (tertiary/aromatic N) is 1. The van der Waals surface area contributed by atoms with E-state index in [1.807, 2.05) is 60.7 Å². The molecule has 1 aliphatic heterocycles. The van der Waals surface area contributed by atoms with Crippen LogP contribution >= 0.6 is 0 Å². The van der Waals surface area contributed by atoms with Crippen molar-refractivity contribution in [2.75, 3.05) is 19.7 Å². The summed E-state index contributed by atoms with van der Waals surface area (Å²) in [5.74, 6) is -1.53. The number of rotatable bonds is 32. The standard InChI is InChI=1S/C49H78N4O9/c1-3-5-7-9-11-13-15-17-19-27-33-53(43(56)32-26-18-16-14-12-10-8-6-4-2)48-44(46(58)45(57)41(36-54)62-48)52-42(55)35-50-47(59)40(34-38-28-22-20-23-29-38)51-49(60)61-37-39-30-24-21-25-31-39/h20-25,28-31,40-41,44-46,48,54,57-58H,3-19,26-27,32-37H2,1-2H3,(H,50,59)(H,51,60)(H,52,55)/t40-,41+,44+,45+,46+,48+/m0/s1. The molecule has 6 N–H and O–H groups in total. The summed E-state index contributed by atoms with van der Waals surface area (Å²) in [6.07, 6.45) is 15.0. The van der Waals surface area contributed by atoms with Crippen LogP contribution in [0.25, 0.3) is 0 Å². The van der Waals surface area contributed by atoms with Crippen molar-refractivity contribution in [1.82, 2.24) is 20.9 Å². The van der Waals surface area contributed by atoms with Gasteiger partial charge in [-0.3, -0.25) is 14.4 Å². The van der Waals surface area contributed by atoms with E-state index in [-0.39, 0.29) is 25.4 Å².